The lowest BCUT2D eigenvalue weighted by atomic mass is 10.0. The number of hydrogen-bond acceptors (Lipinski definition) is 5. The summed E-state index contributed by atoms with van der Waals surface area (Å²) < 4.78 is 5.50. The monoisotopic (exact) mass is 1210 g/mol. The lowest BCUT2D eigenvalue weighted by Gasteiger charge is -2.22. The third-order valence-electron chi connectivity index (χ3n) is 18.1. The fourth-order valence-corrected chi connectivity index (χ4v) is 12.2. The van der Waals surface area contributed by atoms with Crippen molar-refractivity contribution in [3.8, 4) is 0 Å². The summed E-state index contributed by atoms with van der Waals surface area (Å²) in [6.07, 6.45) is 99.1. The average Bonchev–Trinajstić information content (AvgIpc) is 3.59. The van der Waals surface area contributed by atoms with Gasteiger partial charge >= 0.3 is 5.97 Å². The van der Waals surface area contributed by atoms with Crippen molar-refractivity contribution in [2.75, 3.05) is 13.2 Å². The van der Waals surface area contributed by atoms with Crippen LogP contribution in [0.1, 0.15) is 425 Å². The molecule has 6 nitrogen and oxygen atoms in total. The summed E-state index contributed by atoms with van der Waals surface area (Å²) in [6, 6.07) is -0.540. The molecule has 86 heavy (non-hydrogen) atoms. The molecule has 3 N–H and O–H groups in total. The quantitative estimate of drug-likeness (QED) is 0.0320. The van der Waals surface area contributed by atoms with Gasteiger partial charge in [-0.05, 0) is 89.9 Å². The standard InChI is InChI=1S/C80H151NO5/c1-3-5-7-9-11-13-15-17-19-40-44-48-52-56-60-64-68-72-78(83)77(76-82)81-79(84)73-69-65-61-57-53-49-45-42-38-36-34-32-30-28-26-24-22-21-23-25-27-29-31-33-35-37-39-43-47-51-55-59-63-67-71-75-86-80(85)74-70-66-62-58-54-50-46-41-20-18-16-14-12-10-8-6-4-2/h12,14,18,20,23,25,29,31,77-78,82-83H,3-11,13,15-17,19,21-22,24,26-28,30,32-76H2,1-2H3,(H,81,84)/b14-12-,20-18-,25-23-,31-29-. The highest BCUT2D eigenvalue weighted by Gasteiger charge is 2.20. The zero-order valence-electron chi connectivity index (χ0n) is 58.1. The molecule has 0 rings (SSSR count). The number of esters is 1. The molecular formula is C80H151NO5. The lowest BCUT2D eigenvalue weighted by Crippen LogP contribution is -2.45. The van der Waals surface area contributed by atoms with Crippen LogP contribution < -0.4 is 5.32 Å². The third kappa shape index (κ3) is 70.9. The van der Waals surface area contributed by atoms with E-state index in [1.807, 2.05) is 0 Å². The minimum Gasteiger partial charge on any atom is -0.466 e. The molecule has 0 heterocycles. The van der Waals surface area contributed by atoms with Crippen molar-refractivity contribution in [1.29, 1.82) is 0 Å². The normalized spacial score (nSPS) is 12.7. The molecule has 6 heteroatoms. The first kappa shape index (κ1) is 83.8. The number of aliphatic hydroxyl groups is 2. The molecule has 0 aromatic rings. The molecule has 2 unspecified atom stereocenters. The van der Waals surface area contributed by atoms with Crippen LogP contribution >= 0.6 is 0 Å². The van der Waals surface area contributed by atoms with Gasteiger partial charge in [-0.3, -0.25) is 9.59 Å². The van der Waals surface area contributed by atoms with Crippen LogP contribution in [-0.2, 0) is 14.3 Å². The Balaban J connectivity index is 3.37. The summed E-state index contributed by atoms with van der Waals surface area (Å²) in [5, 5.41) is 23.4. The summed E-state index contributed by atoms with van der Waals surface area (Å²) in [5.74, 6) is -0.0198. The van der Waals surface area contributed by atoms with Gasteiger partial charge in [-0.25, -0.2) is 0 Å². The molecule has 0 aliphatic carbocycles. The van der Waals surface area contributed by atoms with E-state index in [9.17, 15) is 19.8 Å². The van der Waals surface area contributed by atoms with E-state index < -0.39 is 12.1 Å². The van der Waals surface area contributed by atoms with Gasteiger partial charge in [-0.2, -0.15) is 0 Å². The smallest absolute Gasteiger partial charge is 0.305 e. The number of nitrogens with one attached hydrogen (secondary N) is 1. The minimum absolute atomic E-state index is 0.00937. The van der Waals surface area contributed by atoms with Gasteiger partial charge in [0.05, 0.1) is 25.4 Å². The SMILES string of the molecule is CCCCC/C=C\C/C=C\CCCCCCCCCC(=O)OCCCCCCCCCCCCC/C=C\C/C=C\CCCCCCCCCCCCCCCCCCCC(=O)NC(CO)C(O)CCCCCCCCCCCCCCCCCCC. The number of carbonyl (C=O) groups excluding carboxylic acids is 2. The molecule has 0 bridgehead atoms. The summed E-state index contributed by atoms with van der Waals surface area (Å²) in [7, 11) is 0. The Morgan fingerprint density at radius 3 is 0.907 bits per heavy atom. The van der Waals surface area contributed by atoms with Crippen LogP contribution in [0.4, 0.5) is 0 Å². The van der Waals surface area contributed by atoms with Crippen molar-refractivity contribution in [1.82, 2.24) is 5.32 Å². The fraction of sp³-hybridized carbons (Fsp3) is 0.875. The maximum Gasteiger partial charge on any atom is 0.305 e. The van der Waals surface area contributed by atoms with Gasteiger partial charge in [0, 0.05) is 12.8 Å². The first-order valence-corrected chi connectivity index (χ1v) is 38.9. The molecule has 2 atom stereocenters. The van der Waals surface area contributed by atoms with E-state index in [1.54, 1.807) is 0 Å². The number of rotatable bonds is 73. The molecule has 1 amide bonds. The van der Waals surface area contributed by atoms with Crippen molar-refractivity contribution < 1.29 is 24.5 Å². The topological polar surface area (TPSA) is 95.9 Å². The summed E-state index contributed by atoms with van der Waals surface area (Å²) in [5.41, 5.74) is 0. The van der Waals surface area contributed by atoms with Crippen LogP contribution in [0.3, 0.4) is 0 Å². The zero-order valence-corrected chi connectivity index (χ0v) is 58.1. The fourth-order valence-electron chi connectivity index (χ4n) is 12.2. The van der Waals surface area contributed by atoms with Crippen LogP contribution in [0.15, 0.2) is 48.6 Å². The third-order valence-corrected chi connectivity index (χ3v) is 18.1. The van der Waals surface area contributed by atoms with Gasteiger partial charge in [-0.1, -0.05) is 371 Å². The first-order chi connectivity index (χ1) is 42.5. The molecule has 0 radical (unpaired) electrons. The van der Waals surface area contributed by atoms with Gasteiger partial charge in [0.15, 0.2) is 0 Å². The second kappa shape index (κ2) is 75.3. The van der Waals surface area contributed by atoms with E-state index in [1.165, 1.54) is 334 Å². The van der Waals surface area contributed by atoms with Gasteiger partial charge in [0.1, 0.15) is 0 Å². The Morgan fingerprint density at radius 1 is 0.326 bits per heavy atom. The van der Waals surface area contributed by atoms with E-state index in [4.69, 9.17) is 4.74 Å². The Labute approximate surface area is 537 Å². The number of aliphatic hydroxyl groups excluding tert-OH is 2. The maximum atomic E-state index is 12.5. The maximum absolute atomic E-state index is 12.5. The zero-order chi connectivity index (χ0) is 62.0. The number of unbranched alkanes of at least 4 members (excludes halogenated alkanes) is 54. The van der Waals surface area contributed by atoms with Crippen molar-refractivity contribution in [3.05, 3.63) is 48.6 Å². The average molecular weight is 1210 g/mol. The molecule has 0 saturated heterocycles. The van der Waals surface area contributed by atoms with Crippen LogP contribution in [-0.4, -0.2) is 47.4 Å². The highest BCUT2D eigenvalue weighted by Crippen LogP contribution is 2.19. The van der Waals surface area contributed by atoms with Gasteiger partial charge < -0.3 is 20.3 Å². The lowest BCUT2D eigenvalue weighted by molar-refractivity contribution is -0.143. The van der Waals surface area contributed by atoms with Crippen molar-refractivity contribution in [3.63, 3.8) is 0 Å². The molecule has 0 saturated carbocycles. The van der Waals surface area contributed by atoms with Crippen LogP contribution in [0, 0.1) is 0 Å². The Hall–Kier alpha value is -2.18. The number of allylic oxidation sites excluding steroid dienone is 8. The predicted octanol–water partition coefficient (Wildman–Crippen LogP) is 25.6. The van der Waals surface area contributed by atoms with Crippen LogP contribution in [0.5, 0.6) is 0 Å². The molecule has 0 aliphatic rings. The molecule has 506 valence electrons. The summed E-state index contributed by atoms with van der Waals surface area (Å²) in [6.45, 7) is 4.96. The van der Waals surface area contributed by atoms with Crippen molar-refractivity contribution in [2.24, 2.45) is 0 Å². The predicted molar refractivity (Wildman–Crippen MR) is 379 cm³/mol. The molecule has 0 spiro atoms. The Bertz CT molecular complexity index is 1440. The van der Waals surface area contributed by atoms with E-state index in [2.05, 4.69) is 67.8 Å². The summed E-state index contributed by atoms with van der Waals surface area (Å²) in [4.78, 5) is 24.6. The van der Waals surface area contributed by atoms with Crippen LogP contribution in [0.2, 0.25) is 0 Å². The van der Waals surface area contributed by atoms with E-state index >= 15 is 0 Å². The Morgan fingerprint density at radius 2 is 0.581 bits per heavy atom. The Kier molecular flexibility index (Phi) is 73.4. The second-order valence-electron chi connectivity index (χ2n) is 26.7. The van der Waals surface area contributed by atoms with Crippen LogP contribution in [0.25, 0.3) is 0 Å². The molecule has 0 aliphatic heterocycles. The van der Waals surface area contributed by atoms with E-state index in [0.717, 1.165) is 57.8 Å². The van der Waals surface area contributed by atoms with Crippen molar-refractivity contribution in [2.45, 2.75) is 437 Å². The first-order valence-electron chi connectivity index (χ1n) is 38.9. The van der Waals surface area contributed by atoms with Gasteiger partial charge in [0.25, 0.3) is 0 Å². The number of amides is 1. The number of hydrogen-bond donors (Lipinski definition) is 3. The molecular weight excluding hydrogens is 1050 g/mol. The highest BCUT2D eigenvalue weighted by molar-refractivity contribution is 5.76. The van der Waals surface area contributed by atoms with Crippen molar-refractivity contribution >= 4 is 11.9 Å². The van der Waals surface area contributed by atoms with Gasteiger partial charge in [0.2, 0.25) is 5.91 Å². The van der Waals surface area contributed by atoms with E-state index in [0.29, 0.717) is 25.9 Å². The molecule has 0 fully saturated rings. The summed E-state index contributed by atoms with van der Waals surface area (Å²) >= 11 is 0. The van der Waals surface area contributed by atoms with E-state index in [-0.39, 0.29) is 18.5 Å². The second-order valence-corrected chi connectivity index (χ2v) is 26.7. The molecule has 0 aromatic carbocycles. The highest BCUT2D eigenvalue weighted by atomic mass is 16.5. The van der Waals surface area contributed by atoms with Gasteiger partial charge in [-0.15, -0.1) is 0 Å². The largest absolute Gasteiger partial charge is 0.466 e. The number of carbonyl (C=O) groups is 2. The minimum atomic E-state index is -0.663. The number of ether oxygens (including phenoxy) is 1. The molecule has 0 aromatic heterocycles.